The highest BCUT2D eigenvalue weighted by Crippen LogP contribution is 2.35. The number of nitrogens with zero attached hydrogens (tertiary/aromatic N) is 1. The van der Waals surface area contributed by atoms with Crippen molar-refractivity contribution in [1.29, 1.82) is 0 Å². The molecule has 2 aromatic rings. The van der Waals surface area contributed by atoms with Crippen LogP contribution >= 0.6 is 0 Å². The van der Waals surface area contributed by atoms with Gasteiger partial charge >= 0.3 is 0 Å². The van der Waals surface area contributed by atoms with Gasteiger partial charge in [-0.3, -0.25) is 4.79 Å². The summed E-state index contributed by atoms with van der Waals surface area (Å²) in [5.74, 6) is 2.28. The van der Waals surface area contributed by atoms with Gasteiger partial charge < -0.3 is 14.4 Å². The second-order valence-electron chi connectivity index (χ2n) is 6.27. The Morgan fingerprint density at radius 3 is 2.65 bits per heavy atom. The molecule has 0 radical (unpaired) electrons. The number of ether oxygens (including phenoxy) is 2. The Kier molecular flexibility index (Phi) is 3.45. The van der Waals surface area contributed by atoms with Crippen LogP contribution in [0.1, 0.15) is 28.8 Å². The summed E-state index contributed by atoms with van der Waals surface area (Å²) in [6, 6.07) is 15.9. The van der Waals surface area contributed by atoms with Crippen LogP contribution in [0.15, 0.2) is 48.5 Å². The summed E-state index contributed by atoms with van der Waals surface area (Å²) in [5, 5.41) is 0. The molecule has 1 amide bonds. The van der Waals surface area contributed by atoms with Crippen LogP contribution in [-0.4, -0.2) is 30.7 Å². The fourth-order valence-electron chi connectivity index (χ4n) is 3.48. The molecule has 4 rings (SSSR count). The molecule has 2 aliphatic heterocycles. The smallest absolute Gasteiger partial charge is 0.254 e. The van der Waals surface area contributed by atoms with Gasteiger partial charge in [-0.05, 0) is 29.7 Å². The molecular weight excluding hydrogens is 290 g/mol. The lowest BCUT2D eigenvalue weighted by molar-refractivity contribution is 0.0786. The summed E-state index contributed by atoms with van der Waals surface area (Å²) in [6.45, 7) is 3.99. The number of carbonyl (C=O) groups is 1. The number of likely N-dealkylation sites (tertiary alicyclic amines) is 1. The van der Waals surface area contributed by atoms with Gasteiger partial charge in [0.05, 0.1) is 0 Å². The maximum atomic E-state index is 12.8. The number of rotatable bonds is 2. The van der Waals surface area contributed by atoms with Crippen molar-refractivity contribution >= 4 is 5.91 Å². The van der Waals surface area contributed by atoms with Crippen molar-refractivity contribution < 1.29 is 14.3 Å². The van der Waals surface area contributed by atoms with Crippen LogP contribution in [0.4, 0.5) is 0 Å². The van der Waals surface area contributed by atoms with E-state index in [0.717, 1.165) is 13.1 Å². The molecule has 2 aromatic carbocycles. The van der Waals surface area contributed by atoms with Gasteiger partial charge in [0.25, 0.3) is 5.91 Å². The Hall–Kier alpha value is -2.49. The van der Waals surface area contributed by atoms with Gasteiger partial charge in [-0.2, -0.15) is 0 Å². The van der Waals surface area contributed by atoms with Crippen molar-refractivity contribution in [2.75, 3.05) is 19.9 Å². The fourth-order valence-corrected chi connectivity index (χ4v) is 3.48. The fraction of sp³-hybridized carbons (Fsp3) is 0.316. The highest BCUT2D eigenvalue weighted by molar-refractivity contribution is 5.95. The third-order valence-corrected chi connectivity index (χ3v) is 4.75. The van der Waals surface area contributed by atoms with Gasteiger partial charge in [-0.1, -0.05) is 37.3 Å². The highest BCUT2D eigenvalue weighted by atomic mass is 16.7. The Balaban J connectivity index is 1.54. The lowest BCUT2D eigenvalue weighted by Gasteiger charge is -2.17. The molecule has 0 aliphatic carbocycles. The highest BCUT2D eigenvalue weighted by Gasteiger charge is 2.34. The van der Waals surface area contributed by atoms with Crippen LogP contribution in [0.25, 0.3) is 0 Å². The zero-order valence-electron chi connectivity index (χ0n) is 13.1. The molecule has 118 valence electrons. The Labute approximate surface area is 135 Å². The molecule has 1 fully saturated rings. The molecule has 4 heteroatoms. The summed E-state index contributed by atoms with van der Waals surface area (Å²) in [5.41, 5.74) is 1.97. The van der Waals surface area contributed by atoms with E-state index in [1.165, 1.54) is 5.56 Å². The van der Waals surface area contributed by atoms with Crippen molar-refractivity contribution in [2.45, 2.75) is 12.8 Å². The van der Waals surface area contributed by atoms with Gasteiger partial charge in [-0.25, -0.2) is 0 Å². The molecule has 0 bridgehead atoms. The monoisotopic (exact) mass is 309 g/mol. The molecule has 0 spiro atoms. The van der Waals surface area contributed by atoms with Gasteiger partial charge in [0.1, 0.15) is 0 Å². The van der Waals surface area contributed by atoms with Crippen LogP contribution in [0.2, 0.25) is 0 Å². The quantitative estimate of drug-likeness (QED) is 0.854. The van der Waals surface area contributed by atoms with Crippen molar-refractivity contribution in [2.24, 2.45) is 5.92 Å². The van der Waals surface area contributed by atoms with E-state index in [4.69, 9.17) is 9.47 Å². The molecule has 2 heterocycles. The summed E-state index contributed by atoms with van der Waals surface area (Å²) < 4.78 is 10.7. The van der Waals surface area contributed by atoms with Crippen molar-refractivity contribution in [3.8, 4) is 11.5 Å². The summed E-state index contributed by atoms with van der Waals surface area (Å²) in [6.07, 6.45) is 0. The minimum Gasteiger partial charge on any atom is -0.454 e. The number of hydrogen-bond acceptors (Lipinski definition) is 3. The average Bonchev–Trinajstić information content (AvgIpc) is 3.20. The van der Waals surface area contributed by atoms with Crippen LogP contribution in [-0.2, 0) is 0 Å². The number of benzene rings is 2. The Morgan fingerprint density at radius 1 is 1.04 bits per heavy atom. The molecule has 1 saturated heterocycles. The number of amides is 1. The van der Waals surface area contributed by atoms with E-state index >= 15 is 0 Å². The Morgan fingerprint density at radius 2 is 1.83 bits per heavy atom. The average molecular weight is 309 g/mol. The maximum Gasteiger partial charge on any atom is 0.254 e. The molecule has 0 N–H and O–H groups in total. The molecule has 2 unspecified atom stereocenters. The largest absolute Gasteiger partial charge is 0.454 e. The first kappa shape index (κ1) is 14.1. The zero-order valence-corrected chi connectivity index (χ0v) is 13.1. The first-order valence-corrected chi connectivity index (χ1v) is 7.96. The van der Waals surface area contributed by atoms with Crippen LogP contribution in [0.3, 0.4) is 0 Å². The van der Waals surface area contributed by atoms with E-state index < -0.39 is 0 Å². The van der Waals surface area contributed by atoms with E-state index in [-0.39, 0.29) is 12.7 Å². The second kappa shape index (κ2) is 5.61. The van der Waals surface area contributed by atoms with E-state index in [1.54, 1.807) is 6.07 Å². The van der Waals surface area contributed by atoms with E-state index in [9.17, 15) is 4.79 Å². The molecule has 0 aromatic heterocycles. The number of carbonyl (C=O) groups excluding carboxylic acids is 1. The van der Waals surface area contributed by atoms with Crippen molar-refractivity contribution in [3.63, 3.8) is 0 Å². The normalized spacial score (nSPS) is 22.4. The Bertz CT molecular complexity index is 729. The van der Waals surface area contributed by atoms with Crippen LogP contribution in [0.5, 0.6) is 11.5 Å². The first-order chi connectivity index (χ1) is 11.2. The molecular formula is C19H19NO3. The van der Waals surface area contributed by atoms with E-state index in [2.05, 4.69) is 31.2 Å². The maximum absolute atomic E-state index is 12.8. The van der Waals surface area contributed by atoms with Crippen molar-refractivity contribution in [1.82, 2.24) is 4.90 Å². The third-order valence-electron chi connectivity index (χ3n) is 4.75. The minimum atomic E-state index is 0.0635. The molecule has 0 saturated carbocycles. The van der Waals surface area contributed by atoms with Crippen molar-refractivity contribution in [3.05, 3.63) is 59.7 Å². The number of hydrogen-bond donors (Lipinski definition) is 0. The van der Waals surface area contributed by atoms with Gasteiger partial charge in [0.15, 0.2) is 11.5 Å². The van der Waals surface area contributed by atoms with E-state index in [1.807, 2.05) is 23.1 Å². The lowest BCUT2D eigenvalue weighted by atomic mass is 9.90. The zero-order chi connectivity index (χ0) is 15.8. The summed E-state index contributed by atoms with van der Waals surface area (Å²) >= 11 is 0. The molecule has 4 nitrogen and oxygen atoms in total. The summed E-state index contributed by atoms with van der Waals surface area (Å²) in [4.78, 5) is 14.7. The standard InChI is InChI=1S/C19H19NO3/c1-13-10-20(11-16(13)14-5-3-2-4-6-14)19(21)15-7-8-17-18(9-15)23-12-22-17/h2-9,13,16H,10-12H2,1H3. The van der Waals surface area contributed by atoms with Gasteiger partial charge in [0.2, 0.25) is 6.79 Å². The topological polar surface area (TPSA) is 38.8 Å². The van der Waals surface area contributed by atoms with Crippen LogP contribution in [0, 0.1) is 5.92 Å². The molecule has 23 heavy (non-hydrogen) atoms. The first-order valence-electron chi connectivity index (χ1n) is 7.96. The molecule has 2 atom stereocenters. The second-order valence-corrected chi connectivity index (χ2v) is 6.27. The lowest BCUT2D eigenvalue weighted by Crippen LogP contribution is -2.28. The predicted octanol–water partition coefficient (Wildman–Crippen LogP) is 3.29. The predicted molar refractivity (Wildman–Crippen MR) is 86.8 cm³/mol. The van der Waals surface area contributed by atoms with Gasteiger partial charge in [0, 0.05) is 24.6 Å². The van der Waals surface area contributed by atoms with E-state index in [0.29, 0.717) is 28.9 Å². The number of fused-ring (bicyclic) bond motifs is 1. The third kappa shape index (κ3) is 2.54. The molecule has 2 aliphatic rings. The SMILES string of the molecule is CC1CN(C(=O)c2ccc3c(c2)OCO3)CC1c1ccccc1. The summed E-state index contributed by atoms with van der Waals surface area (Å²) in [7, 11) is 0. The minimum absolute atomic E-state index is 0.0635. The van der Waals surface area contributed by atoms with Gasteiger partial charge in [-0.15, -0.1) is 0 Å². The van der Waals surface area contributed by atoms with Crippen LogP contribution < -0.4 is 9.47 Å².